The molecule has 0 aliphatic carbocycles. The van der Waals surface area contributed by atoms with Gasteiger partial charge in [-0.25, -0.2) is 9.59 Å². The Labute approximate surface area is 79.1 Å². The van der Waals surface area contributed by atoms with Crippen molar-refractivity contribution in [3.63, 3.8) is 0 Å². The van der Waals surface area contributed by atoms with Gasteiger partial charge in [0.1, 0.15) is 5.57 Å². The van der Waals surface area contributed by atoms with Crippen LogP contribution in [0.25, 0.3) is 6.08 Å². The third kappa shape index (κ3) is 2.19. The highest BCUT2D eigenvalue weighted by atomic mass is 16.4. The fourth-order valence-electron chi connectivity index (χ4n) is 0.896. The number of aliphatic carboxylic acids is 2. The monoisotopic (exact) mass is 196 g/mol. The molecular weight excluding hydrogens is 188 g/mol. The Balaban J connectivity index is 3.05. The Morgan fingerprint density at radius 3 is 2.36 bits per heavy atom. The number of hydrogen-bond acceptors (Lipinski definition) is 3. The van der Waals surface area contributed by atoms with Gasteiger partial charge < -0.3 is 10.2 Å². The van der Waals surface area contributed by atoms with Crippen LogP contribution in [0.15, 0.2) is 18.0 Å². The van der Waals surface area contributed by atoms with E-state index < -0.39 is 17.5 Å². The molecule has 0 saturated heterocycles. The zero-order valence-electron chi connectivity index (χ0n) is 7.34. The molecule has 74 valence electrons. The highest BCUT2D eigenvalue weighted by Gasteiger charge is 2.15. The first-order valence-electron chi connectivity index (χ1n) is 3.67. The zero-order valence-corrected chi connectivity index (χ0v) is 7.34. The highest BCUT2D eigenvalue weighted by Crippen LogP contribution is 2.05. The van der Waals surface area contributed by atoms with Crippen molar-refractivity contribution in [1.29, 1.82) is 0 Å². The molecule has 0 aromatic carbocycles. The summed E-state index contributed by atoms with van der Waals surface area (Å²) in [6, 6.07) is 0. The van der Waals surface area contributed by atoms with Gasteiger partial charge in [-0.2, -0.15) is 5.10 Å². The molecule has 1 aromatic rings. The van der Waals surface area contributed by atoms with Crippen molar-refractivity contribution in [2.24, 2.45) is 7.05 Å². The first-order chi connectivity index (χ1) is 6.50. The molecule has 0 amide bonds. The standard InChI is InChI=1S/C8H8N2O4/c1-10-4-5(3-9-10)2-6(7(11)12)8(13)14/h2-4H,1H3,(H,11,12)(H,13,14). The lowest BCUT2D eigenvalue weighted by atomic mass is 10.2. The minimum absolute atomic E-state index is 0.437. The van der Waals surface area contributed by atoms with Gasteiger partial charge in [0.25, 0.3) is 0 Å². The van der Waals surface area contributed by atoms with Crippen molar-refractivity contribution in [1.82, 2.24) is 9.78 Å². The Morgan fingerprint density at radius 2 is 2.00 bits per heavy atom. The van der Waals surface area contributed by atoms with Gasteiger partial charge in [-0.05, 0) is 6.08 Å². The maximum atomic E-state index is 10.5. The number of nitrogens with zero attached hydrogens (tertiary/aromatic N) is 2. The van der Waals surface area contributed by atoms with E-state index in [2.05, 4.69) is 5.10 Å². The third-order valence-corrected chi connectivity index (χ3v) is 1.50. The topological polar surface area (TPSA) is 92.4 Å². The smallest absolute Gasteiger partial charge is 0.343 e. The van der Waals surface area contributed by atoms with Gasteiger partial charge in [-0.1, -0.05) is 0 Å². The molecule has 6 nitrogen and oxygen atoms in total. The van der Waals surface area contributed by atoms with Gasteiger partial charge in [0.15, 0.2) is 0 Å². The van der Waals surface area contributed by atoms with Gasteiger partial charge in [0.05, 0.1) is 6.20 Å². The van der Waals surface area contributed by atoms with E-state index >= 15 is 0 Å². The Bertz CT molecular complexity index is 389. The van der Waals surface area contributed by atoms with E-state index in [1.54, 1.807) is 7.05 Å². The molecular formula is C8H8N2O4. The molecule has 1 heterocycles. The highest BCUT2D eigenvalue weighted by molar-refractivity contribution is 6.16. The molecule has 0 bridgehead atoms. The molecule has 0 aliphatic heterocycles. The summed E-state index contributed by atoms with van der Waals surface area (Å²) in [6.45, 7) is 0. The van der Waals surface area contributed by atoms with Crippen LogP contribution in [0.3, 0.4) is 0 Å². The summed E-state index contributed by atoms with van der Waals surface area (Å²) in [5.74, 6) is -2.94. The molecule has 14 heavy (non-hydrogen) atoms. The zero-order chi connectivity index (χ0) is 10.7. The van der Waals surface area contributed by atoms with Crippen molar-refractivity contribution >= 4 is 18.0 Å². The normalized spacial score (nSPS) is 9.50. The summed E-state index contributed by atoms with van der Waals surface area (Å²) in [6.07, 6.45) is 3.95. The van der Waals surface area contributed by atoms with E-state index in [-0.39, 0.29) is 0 Å². The minimum Gasteiger partial charge on any atom is -0.477 e. The summed E-state index contributed by atoms with van der Waals surface area (Å²) in [4.78, 5) is 21.0. The second kappa shape index (κ2) is 3.73. The molecule has 0 fully saturated rings. The number of hydrogen-bond donors (Lipinski definition) is 2. The summed E-state index contributed by atoms with van der Waals surface area (Å²) in [5, 5.41) is 20.8. The number of aryl methyl sites for hydroxylation is 1. The van der Waals surface area contributed by atoms with Crippen molar-refractivity contribution in [2.45, 2.75) is 0 Å². The predicted molar refractivity (Wildman–Crippen MR) is 46.5 cm³/mol. The molecule has 0 unspecified atom stereocenters. The van der Waals surface area contributed by atoms with E-state index in [1.165, 1.54) is 17.1 Å². The maximum Gasteiger partial charge on any atom is 0.343 e. The molecule has 2 N–H and O–H groups in total. The van der Waals surface area contributed by atoms with E-state index in [9.17, 15) is 9.59 Å². The van der Waals surface area contributed by atoms with Gasteiger partial charge in [-0.15, -0.1) is 0 Å². The van der Waals surface area contributed by atoms with E-state index in [1.807, 2.05) is 0 Å². The SMILES string of the molecule is Cn1cc(C=C(C(=O)O)C(=O)O)cn1. The summed E-state index contributed by atoms with van der Waals surface area (Å²) < 4.78 is 1.45. The molecule has 0 saturated carbocycles. The van der Waals surface area contributed by atoms with Crippen LogP contribution >= 0.6 is 0 Å². The van der Waals surface area contributed by atoms with Crippen LogP contribution < -0.4 is 0 Å². The van der Waals surface area contributed by atoms with Gasteiger partial charge in [-0.3, -0.25) is 4.68 Å². The van der Waals surface area contributed by atoms with Crippen LogP contribution in [0.2, 0.25) is 0 Å². The first-order valence-corrected chi connectivity index (χ1v) is 3.67. The first kappa shape index (κ1) is 9.97. The second-order valence-electron chi connectivity index (χ2n) is 2.62. The molecule has 0 atom stereocenters. The molecule has 1 rings (SSSR count). The van der Waals surface area contributed by atoms with Crippen LogP contribution in [0.1, 0.15) is 5.56 Å². The molecule has 6 heteroatoms. The maximum absolute atomic E-state index is 10.5. The van der Waals surface area contributed by atoms with Gasteiger partial charge in [0, 0.05) is 18.8 Å². The van der Waals surface area contributed by atoms with Crippen LogP contribution in [0.4, 0.5) is 0 Å². The average molecular weight is 196 g/mol. The Morgan fingerprint density at radius 1 is 1.43 bits per heavy atom. The van der Waals surface area contributed by atoms with Crippen molar-refractivity contribution in [3.05, 3.63) is 23.5 Å². The van der Waals surface area contributed by atoms with Crippen molar-refractivity contribution in [2.75, 3.05) is 0 Å². The number of carboxylic acids is 2. The van der Waals surface area contributed by atoms with E-state index in [0.29, 0.717) is 5.56 Å². The minimum atomic E-state index is -1.47. The van der Waals surface area contributed by atoms with Crippen molar-refractivity contribution in [3.8, 4) is 0 Å². The summed E-state index contributed by atoms with van der Waals surface area (Å²) in [5.41, 5.74) is -0.245. The Hall–Kier alpha value is -2.11. The third-order valence-electron chi connectivity index (χ3n) is 1.50. The quantitative estimate of drug-likeness (QED) is 0.402. The lowest BCUT2D eigenvalue weighted by molar-refractivity contribution is -0.139. The molecule has 0 radical (unpaired) electrons. The lowest BCUT2D eigenvalue weighted by Gasteiger charge is -1.92. The number of rotatable bonds is 3. The number of carboxylic acid groups (broad SMARTS) is 2. The molecule has 0 aliphatic rings. The van der Waals surface area contributed by atoms with Crippen molar-refractivity contribution < 1.29 is 19.8 Å². The van der Waals surface area contributed by atoms with E-state index in [4.69, 9.17) is 10.2 Å². The van der Waals surface area contributed by atoms with Gasteiger partial charge in [0.2, 0.25) is 0 Å². The largest absolute Gasteiger partial charge is 0.477 e. The van der Waals surface area contributed by atoms with E-state index in [0.717, 1.165) is 6.08 Å². The fraction of sp³-hybridized carbons (Fsp3) is 0.125. The Kier molecular flexibility index (Phi) is 2.66. The van der Waals surface area contributed by atoms with Crippen LogP contribution in [-0.4, -0.2) is 31.9 Å². The van der Waals surface area contributed by atoms with Crippen LogP contribution in [0.5, 0.6) is 0 Å². The average Bonchev–Trinajstić information content (AvgIpc) is 2.46. The van der Waals surface area contributed by atoms with Crippen LogP contribution in [-0.2, 0) is 16.6 Å². The number of aromatic nitrogens is 2. The molecule has 1 aromatic heterocycles. The second-order valence-corrected chi connectivity index (χ2v) is 2.62. The summed E-state index contributed by atoms with van der Waals surface area (Å²) in [7, 11) is 1.65. The fourth-order valence-corrected chi connectivity index (χ4v) is 0.896. The lowest BCUT2D eigenvalue weighted by Crippen LogP contribution is -2.10. The summed E-state index contributed by atoms with van der Waals surface area (Å²) >= 11 is 0. The van der Waals surface area contributed by atoms with Crippen LogP contribution in [0, 0.1) is 0 Å². The van der Waals surface area contributed by atoms with Gasteiger partial charge >= 0.3 is 11.9 Å². The molecule has 0 spiro atoms. The predicted octanol–water partition coefficient (Wildman–Crippen LogP) is -0.0273. The number of carbonyl (C=O) groups is 2.